The Morgan fingerprint density at radius 3 is 2.30 bits per heavy atom. The maximum atomic E-state index is 12.4. The molecule has 0 saturated heterocycles. The highest BCUT2D eigenvalue weighted by atomic mass is 16.2. The lowest BCUT2D eigenvalue weighted by molar-refractivity contribution is -0.116. The number of aryl methyl sites for hydroxylation is 1. The summed E-state index contributed by atoms with van der Waals surface area (Å²) >= 11 is 0. The Hall–Kier alpha value is -3.61. The van der Waals surface area contributed by atoms with Crippen LogP contribution < -0.4 is 10.6 Å². The van der Waals surface area contributed by atoms with Crippen LogP contribution in [0.4, 0.5) is 10.6 Å². The minimum absolute atomic E-state index is 0.171. The van der Waals surface area contributed by atoms with Crippen molar-refractivity contribution in [3.05, 3.63) is 83.6 Å². The molecule has 3 amide bonds. The van der Waals surface area contributed by atoms with Crippen LogP contribution in [0.15, 0.2) is 66.7 Å². The van der Waals surface area contributed by atoms with Crippen LogP contribution in [0.3, 0.4) is 0 Å². The number of nitrogens with zero attached hydrogens (tertiary/aromatic N) is 3. The predicted octanol–water partition coefficient (Wildman–Crippen LogP) is 3.41. The van der Waals surface area contributed by atoms with Gasteiger partial charge in [0.05, 0.1) is 12.2 Å². The molecule has 3 rings (SSSR count). The molecule has 0 bridgehead atoms. The van der Waals surface area contributed by atoms with Gasteiger partial charge in [0.2, 0.25) is 5.91 Å². The van der Waals surface area contributed by atoms with Gasteiger partial charge >= 0.3 is 6.03 Å². The van der Waals surface area contributed by atoms with E-state index >= 15 is 0 Å². The lowest BCUT2D eigenvalue weighted by Crippen LogP contribution is -2.38. The van der Waals surface area contributed by atoms with Gasteiger partial charge in [0.15, 0.2) is 0 Å². The quantitative estimate of drug-likeness (QED) is 0.603. The average Bonchev–Trinajstić information content (AvgIpc) is 3.07. The summed E-state index contributed by atoms with van der Waals surface area (Å²) in [7, 11) is 1.73. The molecule has 0 unspecified atom stereocenters. The number of aromatic nitrogens is 2. The molecule has 2 aromatic carbocycles. The molecule has 156 valence electrons. The maximum absolute atomic E-state index is 12.4. The smallest absolute Gasteiger partial charge is 0.317 e. The van der Waals surface area contributed by atoms with Crippen molar-refractivity contribution in [2.75, 3.05) is 18.9 Å². The van der Waals surface area contributed by atoms with Crippen LogP contribution in [0, 0.1) is 6.92 Å². The molecule has 0 saturated carbocycles. The first-order valence-corrected chi connectivity index (χ1v) is 9.92. The van der Waals surface area contributed by atoms with Crippen molar-refractivity contribution in [3.8, 4) is 0 Å². The normalized spacial score (nSPS) is 10.5. The summed E-state index contributed by atoms with van der Waals surface area (Å²) in [6.45, 7) is 3.23. The number of rotatable bonds is 8. The SMILES string of the molecule is Cc1cc(NC(=O)CCNC(=O)N(C)Cc2ccccc2)n(Cc2ccccc2)n1. The van der Waals surface area contributed by atoms with Crippen molar-refractivity contribution in [3.63, 3.8) is 0 Å². The highest BCUT2D eigenvalue weighted by molar-refractivity contribution is 5.90. The molecule has 7 heteroatoms. The zero-order valence-electron chi connectivity index (χ0n) is 17.3. The van der Waals surface area contributed by atoms with Crippen molar-refractivity contribution in [1.82, 2.24) is 20.0 Å². The van der Waals surface area contributed by atoms with Crippen LogP contribution in [0.2, 0.25) is 0 Å². The zero-order chi connectivity index (χ0) is 21.3. The summed E-state index contributed by atoms with van der Waals surface area (Å²) in [5.74, 6) is 0.476. The summed E-state index contributed by atoms with van der Waals surface area (Å²) in [5.41, 5.74) is 2.98. The second-order valence-electron chi connectivity index (χ2n) is 7.19. The molecule has 1 heterocycles. The van der Waals surface area contributed by atoms with Crippen molar-refractivity contribution >= 4 is 17.8 Å². The molecule has 0 aliphatic carbocycles. The van der Waals surface area contributed by atoms with Gasteiger partial charge in [-0.2, -0.15) is 5.10 Å². The van der Waals surface area contributed by atoms with E-state index in [9.17, 15) is 9.59 Å². The fourth-order valence-electron chi connectivity index (χ4n) is 3.08. The van der Waals surface area contributed by atoms with E-state index in [1.165, 1.54) is 0 Å². The molecule has 1 aromatic heterocycles. The predicted molar refractivity (Wildman–Crippen MR) is 117 cm³/mol. The van der Waals surface area contributed by atoms with Crippen LogP contribution in [0.25, 0.3) is 0 Å². The molecule has 7 nitrogen and oxygen atoms in total. The van der Waals surface area contributed by atoms with Gasteiger partial charge in [-0.3, -0.25) is 4.79 Å². The number of benzene rings is 2. The van der Waals surface area contributed by atoms with E-state index in [1.807, 2.05) is 73.7 Å². The Morgan fingerprint density at radius 2 is 1.63 bits per heavy atom. The second kappa shape index (κ2) is 10.2. The van der Waals surface area contributed by atoms with Gasteiger partial charge in [-0.1, -0.05) is 60.7 Å². The highest BCUT2D eigenvalue weighted by Crippen LogP contribution is 2.13. The molecule has 0 aliphatic rings. The van der Waals surface area contributed by atoms with E-state index in [0.717, 1.165) is 16.8 Å². The van der Waals surface area contributed by atoms with Gasteiger partial charge < -0.3 is 15.5 Å². The third-order valence-corrected chi connectivity index (χ3v) is 4.58. The third kappa shape index (κ3) is 6.20. The molecular weight excluding hydrogens is 378 g/mol. The van der Waals surface area contributed by atoms with E-state index in [0.29, 0.717) is 18.9 Å². The van der Waals surface area contributed by atoms with Gasteiger partial charge in [-0.15, -0.1) is 0 Å². The van der Waals surface area contributed by atoms with Gasteiger partial charge in [0.25, 0.3) is 0 Å². The Labute approximate surface area is 176 Å². The van der Waals surface area contributed by atoms with E-state index < -0.39 is 0 Å². The zero-order valence-corrected chi connectivity index (χ0v) is 17.3. The van der Waals surface area contributed by atoms with Gasteiger partial charge in [0, 0.05) is 32.6 Å². The van der Waals surface area contributed by atoms with Gasteiger partial charge in [0.1, 0.15) is 5.82 Å². The fourth-order valence-corrected chi connectivity index (χ4v) is 3.08. The van der Waals surface area contributed by atoms with Gasteiger partial charge in [-0.05, 0) is 18.1 Å². The van der Waals surface area contributed by atoms with Crippen molar-refractivity contribution in [2.45, 2.75) is 26.4 Å². The Morgan fingerprint density at radius 1 is 1.00 bits per heavy atom. The van der Waals surface area contributed by atoms with Crippen LogP contribution in [0.5, 0.6) is 0 Å². The van der Waals surface area contributed by atoms with E-state index in [-0.39, 0.29) is 24.9 Å². The van der Waals surface area contributed by atoms with E-state index in [2.05, 4.69) is 15.7 Å². The summed E-state index contributed by atoms with van der Waals surface area (Å²) in [6.07, 6.45) is 0.181. The highest BCUT2D eigenvalue weighted by Gasteiger charge is 2.12. The molecule has 2 N–H and O–H groups in total. The number of nitrogens with one attached hydrogen (secondary N) is 2. The fraction of sp³-hybridized carbons (Fsp3) is 0.261. The molecular formula is C23H27N5O2. The van der Waals surface area contributed by atoms with E-state index in [1.54, 1.807) is 16.6 Å². The number of anilines is 1. The Kier molecular flexibility index (Phi) is 7.21. The summed E-state index contributed by atoms with van der Waals surface area (Å²) in [6, 6.07) is 21.3. The van der Waals surface area contributed by atoms with Crippen LogP contribution in [-0.4, -0.2) is 40.2 Å². The second-order valence-corrected chi connectivity index (χ2v) is 7.19. The number of hydrogen-bond donors (Lipinski definition) is 2. The summed E-state index contributed by atoms with van der Waals surface area (Å²) in [4.78, 5) is 26.2. The summed E-state index contributed by atoms with van der Waals surface area (Å²) in [5, 5.41) is 10.1. The number of hydrogen-bond acceptors (Lipinski definition) is 3. The molecule has 0 aliphatic heterocycles. The first-order chi connectivity index (χ1) is 14.5. The topological polar surface area (TPSA) is 79.3 Å². The molecule has 3 aromatic rings. The Bertz CT molecular complexity index is 970. The van der Waals surface area contributed by atoms with Crippen molar-refractivity contribution < 1.29 is 9.59 Å². The Balaban J connectivity index is 1.46. The largest absolute Gasteiger partial charge is 0.337 e. The number of carbonyl (C=O) groups is 2. The first kappa shape index (κ1) is 21.1. The molecule has 0 radical (unpaired) electrons. The monoisotopic (exact) mass is 405 g/mol. The van der Waals surface area contributed by atoms with Crippen LogP contribution >= 0.6 is 0 Å². The standard InChI is InChI=1S/C23H27N5O2/c1-18-15-21(28(26-18)17-20-11-7-4-8-12-20)25-22(29)13-14-24-23(30)27(2)16-19-9-5-3-6-10-19/h3-12,15H,13-14,16-17H2,1-2H3,(H,24,30)(H,25,29). The average molecular weight is 406 g/mol. The lowest BCUT2D eigenvalue weighted by Gasteiger charge is -2.18. The molecule has 0 spiro atoms. The van der Waals surface area contributed by atoms with E-state index in [4.69, 9.17) is 0 Å². The molecule has 0 atom stereocenters. The number of urea groups is 1. The van der Waals surface area contributed by atoms with Crippen LogP contribution in [-0.2, 0) is 17.9 Å². The summed E-state index contributed by atoms with van der Waals surface area (Å²) < 4.78 is 1.77. The lowest BCUT2D eigenvalue weighted by atomic mass is 10.2. The first-order valence-electron chi connectivity index (χ1n) is 9.92. The molecule has 30 heavy (non-hydrogen) atoms. The minimum atomic E-state index is -0.211. The van der Waals surface area contributed by atoms with Crippen molar-refractivity contribution in [1.29, 1.82) is 0 Å². The van der Waals surface area contributed by atoms with Crippen LogP contribution in [0.1, 0.15) is 23.2 Å². The third-order valence-electron chi connectivity index (χ3n) is 4.58. The number of carbonyl (C=O) groups excluding carboxylic acids is 2. The maximum Gasteiger partial charge on any atom is 0.317 e. The molecule has 0 fully saturated rings. The van der Waals surface area contributed by atoms with Crippen molar-refractivity contribution in [2.24, 2.45) is 0 Å². The minimum Gasteiger partial charge on any atom is -0.337 e. The number of amides is 3. The van der Waals surface area contributed by atoms with Gasteiger partial charge in [-0.25, -0.2) is 9.48 Å².